The summed E-state index contributed by atoms with van der Waals surface area (Å²) >= 11 is 12.6. The summed E-state index contributed by atoms with van der Waals surface area (Å²) in [5.74, 6) is 0.162. The summed E-state index contributed by atoms with van der Waals surface area (Å²) in [7, 11) is 0. The van der Waals surface area contributed by atoms with Gasteiger partial charge >= 0.3 is 0 Å². The molecule has 4 heteroatoms. The lowest BCUT2D eigenvalue weighted by molar-refractivity contribution is 0.474. The number of rotatable bonds is 12. The number of hydrogen-bond acceptors (Lipinski definition) is 2. The fourth-order valence-electron chi connectivity index (χ4n) is 3.28. The van der Waals surface area contributed by atoms with Crippen LogP contribution in [0.3, 0.4) is 0 Å². The lowest BCUT2D eigenvalue weighted by atomic mass is 10.0. The van der Waals surface area contributed by atoms with Gasteiger partial charge in [-0.3, -0.25) is 4.99 Å². The predicted molar refractivity (Wildman–Crippen MR) is 122 cm³/mol. The number of aromatic hydroxyl groups is 1. The molecule has 2 aromatic carbocycles. The molecule has 0 heterocycles. The van der Waals surface area contributed by atoms with Gasteiger partial charge in [0.2, 0.25) is 0 Å². The highest BCUT2D eigenvalue weighted by Crippen LogP contribution is 2.28. The molecule has 0 bridgehead atoms. The zero-order valence-electron chi connectivity index (χ0n) is 16.8. The summed E-state index contributed by atoms with van der Waals surface area (Å²) < 4.78 is 0. The van der Waals surface area contributed by atoms with Crippen molar-refractivity contribution in [3.63, 3.8) is 0 Å². The lowest BCUT2D eigenvalue weighted by Crippen LogP contribution is -2.06. The first-order chi connectivity index (χ1) is 13.6. The molecule has 0 aliphatic heterocycles. The van der Waals surface area contributed by atoms with Crippen LogP contribution in [-0.2, 0) is 0 Å². The summed E-state index contributed by atoms with van der Waals surface area (Å²) in [6, 6.07) is 12.6. The molecule has 28 heavy (non-hydrogen) atoms. The fourth-order valence-corrected chi connectivity index (χ4v) is 3.68. The second-order valence-corrected chi connectivity index (χ2v) is 8.04. The number of hydrogen-bond donors (Lipinski definition) is 1. The zero-order valence-corrected chi connectivity index (χ0v) is 18.3. The number of nitrogens with zero attached hydrogens (tertiary/aromatic N) is 1. The Morgan fingerprint density at radius 3 is 2.14 bits per heavy atom. The van der Waals surface area contributed by atoms with Crippen molar-refractivity contribution >= 4 is 28.9 Å². The van der Waals surface area contributed by atoms with Gasteiger partial charge in [-0.05, 0) is 30.7 Å². The molecular weight excluding hydrogens is 389 g/mol. The number of phenols is 1. The van der Waals surface area contributed by atoms with E-state index < -0.39 is 0 Å². The largest absolute Gasteiger partial charge is 0.507 e. The minimum Gasteiger partial charge on any atom is -0.507 e. The molecule has 152 valence electrons. The number of aliphatic imine (C=N–C) groups is 1. The van der Waals surface area contributed by atoms with E-state index in [1.807, 2.05) is 24.3 Å². The first-order valence-corrected chi connectivity index (χ1v) is 11.2. The van der Waals surface area contributed by atoms with Crippen molar-refractivity contribution in [3.8, 4) is 5.75 Å². The van der Waals surface area contributed by atoms with Gasteiger partial charge in [0.05, 0.1) is 5.71 Å². The van der Waals surface area contributed by atoms with Gasteiger partial charge in [-0.25, -0.2) is 0 Å². The summed E-state index contributed by atoms with van der Waals surface area (Å²) in [6.45, 7) is 2.96. The van der Waals surface area contributed by atoms with E-state index in [0.29, 0.717) is 27.9 Å². The Kier molecular flexibility index (Phi) is 10.5. The average Bonchev–Trinajstić information content (AvgIpc) is 2.69. The summed E-state index contributed by atoms with van der Waals surface area (Å²) in [5, 5.41) is 11.5. The molecular formula is C24H31Cl2NO. The monoisotopic (exact) mass is 419 g/mol. The molecule has 0 saturated heterocycles. The average molecular weight is 420 g/mol. The van der Waals surface area contributed by atoms with E-state index in [0.717, 1.165) is 12.0 Å². The Hall–Kier alpha value is -1.51. The smallest absolute Gasteiger partial charge is 0.125 e. The Morgan fingerprint density at radius 1 is 0.821 bits per heavy atom. The Labute approximate surface area is 179 Å². The maximum Gasteiger partial charge on any atom is 0.125 e. The second kappa shape index (κ2) is 12.9. The number of halogens is 2. The van der Waals surface area contributed by atoms with Gasteiger partial charge in [0.15, 0.2) is 0 Å². The van der Waals surface area contributed by atoms with Gasteiger partial charge in [-0.2, -0.15) is 0 Å². The van der Waals surface area contributed by atoms with E-state index in [1.165, 1.54) is 51.4 Å². The van der Waals surface area contributed by atoms with Crippen molar-refractivity contribution in [2.45, 2.75) is 64.7 Å². The third-order valence-corrected chi connectivity index (χ3v) is 5.44. The van der Waals surface area contributed by atoms with Gasteiger partial charge in [0.1, 0.15) is 5.75 Å². The van der Waals surface area contributed by atoms with Crippen LogP contribution in [0, 0.1) is 0 Å². The van der Waals surface area contributed by atoms with Crippen LogP contribution in [0.1, 0.15) is 75.8 Å². The Morgan fingerprint density at radius 2 is 1.46 bits per heavy atom. The lowest BCUT2D eigenvalue weighted by Gasteiger charge is -2.12. The van der Waals surface area contributed by atoms with Crippen molar-refractivity contribution in [2.75, 3.05) is 6.54 Å². The number of unbranched alkanes of at least 4 members (excludes halogenated alkanes) is 8. The summed E-state index contributed by atoms with van der Waals surface area (Å²) in [6.07, 6.45) is 11.5. The van der Waals surface area contributed by atoms with Crippen molar-refractivity contribution in [1.29, 1.82) is 0 Å². The van der Waals surface area contributed by atoms with E-state index in [4.69, 9.17) is 28.2 Å². The Balaban J connectivity index is 1.97. The highest BCUT2D eigenvalue weighted by Gasteiger charge is 2.14. The SMILES string of the molecule is CCCCCCCCCCCN=C(c1cc(Cl)ccc1O)c1ccccc1Cl. The summed E-state index contributed by atoms with van der Waals surface area (Å²) in [5.41, 5.74) is 2.14. The van der Waals surface area contributed by atoms with Crippen LogP contribution < -0.4 is 0 Å². The van der Waals surface area contributed by atoms with Gasteiger partial charge in [-0.1, -0.05) is 99.7 Å². The minimum absolute atomic E-state index is 0.162. The van der Waals surface area contributed by atoms with E-state index in [9.17, 15) is 5.11 Å². The van der Waals surface area contributed by atoms with Crippen molar-refractivity contribution < 1.29 is 5.11 Å². The van der Waals surface area contributed by atoms with Crippen LogP contribution in [0.5, 0.6) is 5.75 Å². The first-order valence-electron chi connectivity index (χ1n) is 10.4. The molecule has 0 aliphatic rings. The molecule has 0 aliphatic carbocycles. The molecule has 0 atom stereocenters. The molecule has 0 radical (unpaired) electrons. The second-order valence-electron chi connectivity index (χ2n) is 7.20. The predicted octanol–water partition coefficient (Wildman–Crippen LogP) is 8.07. The molecule has 0 unspecified atom stereocenters. The van der Waals surface area contributed by atoms with Crippen molar-refractivity contribution in [2.24, 2.45) is 4.99 Å². The van der Waals surface area contributed by atoms with Crippen LogP contribution in [0.15, 0.2) is 47.5 Å². The molecule has 0 saturated carbocycles. The van der Waals surface area contributed by atoms with Crippen molar-refractivity contribution in [3.05, 3.63) is 63.6 Å². The molecule has 0 fully saturated rings. The Bertz CT molecular complexity index is 758. The quantitative estimate of drug-likeness (QED) is 0.273. The molecule has 1 N–H and O–H groups in total. The highest BCUT2D eigenvalue weighted by atomic mass is 35.5. The van der Waals surface area contributed by atoms with Gasteiger partial charge in [0.25, 0.3) is 0 Å². The molecule has 2 nitrogen and oxygen atoms in total. The van der Waals surface area contributed by atoms with Crippen LogP contribution >= 0.6 is 23.2 Å². The maximum absolute atomic E-state index is 10.3. The van der Waals surface area contributed by atoms with E-state index in [1.54, 1.807) is 18.2 Å². The van der Waals surface area contributed by atoms with Crippen LogP contribution in [0.2, 0.25) is 10.0 Å². The minimum atomic E-state index is 0.162. The van der Waals surface area contributed by atoms with Crippen LogP contribution in [-0.4, -0.2) is 17.4 Å². The third kappa shape index (κ3) is 7.48. The van der Waals surface area contributed by atoms with Crippen LogP contribution in [0.25, 0.3) is 0 Å². The summed E-state index contributed by atoms with van der Waals surface area (Å²) in [4.78, 5) is 4.80. The van der Waals surface area contributed by atoms with Crippen LogP contribution in [0.4, 0.5) is 0 Å². The molecule has 0 spiro atoms. The van der Waals surface area contributed by atoms with Gasteiger partial charge < -0.3 is 5.11 Å². The molecule has 2 rings (SSSR count). The molecule has 0 aromatic heterocycles. The maximum atomic E-state index is 10.3. The van der Waals surface area contributed by atoms with E-state index >= 15 is 0 Å². The van der Waals surface area contributed by atoms with E-state index in [-0.39, 0.29) is 5.75 Å². The standard InChI is InChI=1S/C24H31Cl2NO/c1-2-3-4-5-6-7-8-9-12-17-27-24(20-13-10-11-14-22(20)26)21-18-19(25)15-16-23(21)28/h10-11,13-16,18,28H,2-9,12,17H2,1H3. The molecule has 0 amide bonds. The van der Waals surface area contributed by atoms with Gasteiger partial charge in [0, 0.05) is 27.7 Å². The zero-order chi connectivity index (χ0) is 20.2. The normalized spacial score (nSPS) is 11.8. The highest BCUT2D eigenvalue weighted by molar-refractivity contribution is 6.36. The topological polar surface area (TPSA) is 32.6 Å². The number of benzene rings is 2. The van der Waals surface area contributed by atoms with E-state index in [2.05, 4.69) is 6.92 Å². The van der Waals surface area contributed by atoms with Crippen molar-refractivity contribution in [1.82, 2.24) is 0 Å². The molecule has 2 aromatic rings. The van der Waals surface area contributed by atoms with Gasteiger partial charge in [-0.15, -0.1) is 0 Å². The number of phenolic OH excluding ortho intramolecular Hbond substituents is 1. The fraction of sp³-hybridized carbons (Fsp3) is 0.458. The first kappa shape index (κ1) is 22.8. The third-order valence-electron chi connectivity index (χ3n) is 4.87.